The van der Waals surface area contributed by atoms with Crippen LogP contribution in [-0.2, 0) is 12.6 Å². The van der Waals surface area contributed by atoms with E-state index in [-0.39, 0.29) is 28.9 Å². The number of rotatable bonds is 4. The van der Waals surface area contributed by atoms with Crippen molar-refractivity contribution in [3.8, 4) is 0 Å². The fourth-order valence-corrected chi connectivity index (χ4v) is 3.29. The van der Waals surface area contributed by atoms with Crippen molar-refractivity contribution in [3.63, 3.8) is 0 Å². The number of H-pyrrole nitrogens is 1. The first kappa shape index (κ1) is 21.2. The summed E-state index contributed by atoms with van der Waals surface area (Å²) in [5.74, 6) is -1.01. The third-order valence-electron chi connectivity index (χ3n) is 4.86. The number of carbonyl (C=O) groups is 1. The van der Waals surface area contributed by atoms with Gasteiger partial charge in [-0.1, -0.05) is 18.2 Å². The number of nitrogens with zero attached hydrogens (tertiary/aromatic N) is 1. The van der Waals surface area contributed by atoms with Gasteiger partial charge in [0, 0.05) is 23.1 Å². The maximum atomic E-state index is 13.5. The minimum atomic E-state index is -4.49. The second-order valence-corrected chi connectivity index (χ2v) is 7.10. The van der Waals surface area contributed by atoms with Crippen LogP contribution in [0.25, 0.3) is 10.8 Å². The first-order valence-corrected chi connectivity index (χ1v) is 9.45. The van der Waals surface area contributed by atoms with Gasteiger partial charge in [-0.25, -0.2) is 9.49 Å². The number of halogens is 4. The molecule has 2 N–H and O–H groups in total. The van der Waals surface area contributed by atoms with Crippen molar-refractivity contribution in [2.75, 3.05) is 5.32 Å². The minimum absolute atomic E-state index is 0.0357. The van der Waals surface area contributed by atoms with Crippen LogP contribution in [0.4, 0.5) is 23.2 Å². The van der Waals surface area contributed by atoms with Gasteiger partial charge in [0.1, 0.15) is 5.82 Å². The van der Waals surface area contributed by atoms with E-state index in [9.17, 15) is 27.2 Å². The fraction of sp³-hybridized carbons (Fsp3) is 0.0870. The summed E-state index contributed by atoms with van der Waals surface area (Å²) in [7, 11) is 0. The first-order chi connectivity index (χ1) is 15.2. The van der Waals surface area contributed by atoms with Crippen LogP contribution >= 0.6 is 0 Å². The lowest BCUT2D eigenvalue weighted by atomic mass is 10.0. The molecule has 1 heterocycles. The highest BCUT2D eigenvalue weighted by atomic mass is 19.4. The average molecular weight is 441 g/mol. The summed E-state index contributed by atoms with van der Waals surface area (Å²) in [5.41, 5.74) is 0.180. The van der Waals surface area contributed by atoms with Crippen LogP contribution in [0.3, 0.4) is 0 Å². The highest BCUT2D eigenvalue weighted by Crippen LogP contribution is 2.29. The zero-order valence-corrected chi connectivity index (χ0v) is 16.3. The van der Waals surface area contributed by atoms with E-state index in [4.69, 9.17) is 0 Å². The smallest absolute Gasteiger partial charge is 0.322 e. The van der Waals surface area contributed by atoms with Crippen LogP contribution in [-0.4, -0.2) is 16.1 Å². The number of amides is 1. The van der Waals surface area contributed by atoms with E-state index in [1.54, 1.807) is 24.3 Å². The molecule has 0 saturated carbocycles. The molecule has 3 aromatic carbocycles. The number of aromatic nitrogens is 2. The third-order valence-corrected chi connectivity index (χ3v) is 4.86. The van der Waals surface area contributed by atoms with Crippen LogP contribution in [0.5, 0.6) is 0 Å². The van der Waals surface area contributed by atoms with E-state index in [0.29, 0.717) is 16.6 Å². The molecule has 1 aromatic heterocycles. The summed E-state index contributed by atoms with van der Waals surface area (Å²) in [6.45, 7) is 0. The van der Waals surface area contributed by atoms with Crippen LogP contribution in [0.15, 0.2) is 71.5 Å². The van der Waals surface area contributed by atoms with E-state index < -0.39 is 23.2 Å². The summed E-state index contributed by atoms with van der Waals surface area (Å²) in [5, 5.41) is 9.81. The fourth-order valence-electron chi connectivity index (χ4n) is 3.29. The number of benzene rings is 3. The number of alkyl halides is 3. The lowest BCUT2D eigenvalue weighted by Gasteiger charge is -2.10. The zero-order valence-electron chi connectivity index (χ0n) is 16.3. The van der Waals surface area contributed by atoms with Crippen LogP contribution in [0.1, 0.15) is 27.2 Å². The Morgan fingerprint density at radius 2 is 1.72 bits per heavy atom. The standard InChI is InChI=1S/C23H15F4N3O2/c24-16-3-1-2-13(10-16)11-20-18-9-8-17(12-19(18)22(32)30-29-20)28-21(31)14-4-6-15(7-5-14)23(25,26)27/h1-10,12H,11H2,(H,28,31)(H,30,32). The van der Waals surface area contributed by atoms with Crippen LogP contribution in [0.2, 0.25) is 0 Å². The normalized spacial score (nSPS) is 11.5. The molecule has 0 atom stereocenters. The van der Waals surface area contributed by atoms with Gasteiger partial charge in [0.15, 0.2) is 0 Å². The summed E-state index contributed by atoms with van der Waals surface area (Å²) < 4.78 is 51.5. The Labute approximate surface area is 178 Å². The Bertz CT molecular complexity index is 1360. The molecular formula is C23H15F4N3O2. The van der Waals surface area contributed by atoms with Gasteiger partial charge in [-0.05, 0) is 54.1 Å². The molecule has 5 nitrogen and oxygen atoms in total. The van der Waals surface area contributed by atoms with E-state index in [2.05, 4.69) is 15.5 Å². The lowest BCUT2D eigenvalue weighted by Crippen LogP contribution is -2.15. The van der Waals surface area contributed by atoms with Crippen molar-refractivity contribution in [3.05, 3.63) is 105 Å². The molecular weight excluding hydrogens is 426 g/mol. The molecule has 0 bridgehead atoms. The molecule has 0 aliphatic rings. The topological polar surface area (TPSA) is 74.8 Å². The molecule has 0 spiro atoms. The van der Waals surface area contributed by atoms with Gasteiger partial charge in [0.25, 0.3) is 11.5 Å². The van der Waals surface area contributed by atoms with Crippen molar-refractivity contribution >= 4 is 22.4 Å². The Morgan fingerprint density at radius 1 is 0.969 bits per heavy atom. The Morgan fingerprint density at radius 3 is 2.41 bits per heavy atom. The third kappa shape index (κ3) is 4.51. The van der Waals surface area contributed by atoms with Crippen molar-refractivity contribution in [1.29, 1.82) is 0 Å². The number of anilines is 1. The molecule has 0 saturated heterocycles. The molecule has 32 heavy (non-hydrogen) atoms. The number of aromatic amines is 1. The monoisotopic (exact) mass is 441 g/mol. The maximum absolute atomic E-state index is 13.5. The maximum Gasteiger partial charge on any atom is 0.416 e. The van der Waals surface area contributed by atoms with Gasteiger partial charge >= 0.3 is 6.18 Å². The summed E-state index contributed by atoms with van der Waals surface area (Å²) >= 11 is 0. The molecule has 9 heteroatoms. The predicted octanol–water partition coefficient (Wildman–Crippen LogP) is 4.92. The highest BCUT2D eigenvalue weighted by molar-refractivity contribution is 6.05. The quantitative estimate of drug-likeness (QED) is 0.442. The number of carbonyl (C=O) groups excluding carboxylic acids is 1. The molecule has 4 rings (SSSR count). The van der Waals surface area contributed by atoms with Crippen molar-refractivity contribution in [1.82, 2.24) is 10.2 Å². The van der Waals surface area contributed by atoms with E-state index >= 15 is 0 Å². The first-order valence-electron chi connectivity index (χ1n) is 9.45. The molecule has 4 aromatic rings. The molecule has 0 aliphatic carbocycles. The molecule has 162 valence electrons. The molecule has 1 amide bonds. The molecule has 0 radical (unpaired) electrons. The Balaban J connectivity index is 1.60. The van der Waals surface area contributed by atoms with Gasteiger partial charge in [-0.2, -0.15) is 18.3 Å². The SMILES string of the molecule is O=C(Nc1ccc2c(Cc3cccc(F)c3)n[nH]c(=O)c2c1)c1ccc(C(F)(F)F)cc1. The second-order valence-electron chi connectivity index (χ2n) is 7.10. The van der Waals surface area contributed by atoms with Gasteiger partial charge in [-0.3, -0.25) is 9.59 Å². The van der Waals surface area contributed by atoms with E-state index in [1.165, 1.54) is 18.2 Å². The predicted molar refractivity (Wildman–Crippen MR) is 111 cm³/mol. The second kappa shape index (κ2) is 8.26. The summed E-state index contributed by atoms with van der Waals surface area (Å²) in [4.78, 5) is 24.7. The summed E-state index contributed by atoms with van der Waals surface area (Å²) in [6, 6.07) is 14.4. The Hall–Kier alpha value is -4.01. The van der Waals surface area contributed by atoms with E-state index in [0.717, 1.165) is 24.3 Å². The Kier molecular flexibility index (Phi) is 5.48. The van der Waals surface area contributed by atoms with Gasteiger partial charge in [0.2, 0.25) is 0 Å². The molecule has 0 aliphatic heterocycles. The van der Waals surface area contributed by atoms with Crippen LogP contribution < -0.4 is 10.9 Å². The molecule has 0 fully saturated rings. The van der Waals surface area contributed by atoms with Crippen molar-refractivity contribution in [2.24, 2.45) is 0 Å². The van der Waals surface area contributed by atoms with Gasteiger partial charge in [0.05, 0.1) is 16.6 Å². The average Bonchev–Trinajstić information content (AvgIpc) is 2.75. The van der Waals surface area contributed by atoms with Gasteiger partial charge < -0.3 is 5.32 Å². The highest BCUT2D eigenvalue weighted by Gasteiger charge is 2.30. The van der Waals surface area contributed by atoms with Crippen LogP contribution in [0, 0.1) is 5.82 Å². The summed E-state index contributed by atoms with van der Waals surface area (Å²) in [6.07, 6.45) is -4.21. The van der Waals surface area contributed by atoms with E-state index in [1.807, 2.05) is 0 Å². The largest absolute Gasteiger partial charge is 0.416 e. The number of hydrogen-bond acceptors (Lipinski definition) is 3. The van der Waals surface area contributed by atoms with Crippen molar-refractivity contribution < 1.29 is 22.4 Å². The number of hydrogen-bond donors (Lipinski definition) is 2. The number of nitrogens with one attached hydrogen (secondary N) is 2. The lowest BCUT2D eigenvalue weighted by molar-refractivity contribution is -0.137. The zero-order chi connectivity index (χ0) is 22.9. The van der Waals surface area contributed by atoms with Crippen molar-refractivity contribution in [2.45, 2.75) is 12.6 Å². The van der Waals surface area contributed by atoms with Gasteiger partial charge in [-0.15, -0.1) is 0 Å². The number of fused-ring (bicyclic) bond motifs is 1. The minimum Gasteiger partial charge on any atom is -0.322 e. The molecule has 0 unspecified atom stereocenters.